The number of carbonyl (C=O) groups is 1. The van der Waals surface area contributed by atoms with Gasteiger partial charge >= 0.3 is 0 Å². The Labute approximate surface area is 166 Å². The summed E-state index contributed by atoms with van der Waals surface area (Å²) in [5, 5.41) is 3.56. The molecule has 0 spiro atoms. The van der Waals surface area contributed by atoms with Crippen molar-refractivity contribution in [1.82, 2.24) is 9.88 Å². The summed E-state index contributed by atoms with van der Waals surface area (Å²) in [6.45, 7) is 2.86. The predicted octanol–water partition coefficient (Wildman–Crippen LogP) is 3.92. The molecule has 1 heterocycles. The van der Waals surface area contributed by atoms with Gasteiger partial charge in [0.25, 0.3) is 0 Å². The number of rotatable bonds is 9. The molecule has 6 heteroatoms. The predicted molar refractivity (Wildman–Crippen MR) is 112 cm³/mol. The first-order valence-corrected chi connectivity index (χ1v) is 11.3. The van der Waals surface area contributed by atoms with Gasteiger partial charge in [-0.3, -0.25) is 4.79 Å². The summed E-state index contributed by atoms with van der Waals surface area (Å²) in [5.41, 5.74) is 1.49. The Morgan fingerprint density at radius 1 is 1.00 bits per heavy atom. The maximum Gasteiger partial charge on any atom is 0.239 e. The molecule has 0 radical (unpaired) electrons. The highest BCUT2D eigenvalue weighted by atomic mass is 32.2. The van der Waals surface area contributed by atoms with Crippen LogP contribution in [-0.2, 0) is 26.9 Å². The smallest absolute Gasteiger partial charge is 0.239 e. The van der Waals surface area contributed by atoms with Gasteiger partial charge in [0.2, 0.25) is 5.91 Å². The lowest BCUT2D eigenvalue weighted by Gasteiger charge is -2.07. The number of amides is 1. The summed E-state index contributed by atoms with van der Waals surface area (Å²) in [7, 11) is -3.53. The standard InChI is InChI=1S/C22H26N2O3S/c1-2-3-9-14-23-22(25)16-24-15-21(19-12-7-8-13-20(19)24)28(26,27)17-18-10-5-4-6-11-18/h4-8,10-13,15H,2-3,9,14,16-17H2,1H3,(H,23,25). The Hall–Kier alpha value is -2.60. The lowest BCUT2D eigenvalue weighted by molar-refractivity contribution is -0.121. The summed E-state index contributed by atoms with van der Waals surface area (Å²) in [6.07, 6.45) is 4.72. The van der Waals surface area contributed by atoms with Gasteiger partial charge in [0.1, 0.15) is 6.54 Å². The van der Waals surface area contributed by atoms with Gasteiger partial charge in [-0.1, -0.05) is 68.3 Å². The first-order valence-electron chi connectivity index (χ1n) is 9.62. The van der Waals surface area contributed by atoms with Gasteiger partial charge in [-0.2, -0.15) is 0 Å². The lowest BCUT2D eigenvalue weighted by Crippen LogP contribution is -2.28. The Balaban J connectivity index is 1.85. The van der Waals surface area contributed by atoms with Crippen LogP contribution in [0.5, 0.6) is 0 Å². The number of fused-ring (bicyclic) bond motifs is 1. The van der Waals surface area contributed by atoms with E-state index in [1.165, 1.54) is 0 Å². The molecule has 3 aromatic rings. The molecule has 1 amide bonds. The minimum atomic E-state index is -3.53. The van der Waals surface area contributed by atoms with E-state index in [0.717, 1.165) is 30.3 Å². The third-order valence-electron chi connectivity index (χ3n) is 4.70. The van der Waals surface area contributed by atoms with Crippen LogP contribution in [0.15, 0.2) is 65.7 Å². The van der Waals surface area contributed by atoms with Crippen molar-refractivity contribution in [2.75, 3.05) is 6.54 Å². The van der Waals surface area contributed by atoms with Crippen LogP contribution in [-0.4, -0.2) is 25.4 Å². The second kappa shape index (κ2) is 9.06. The molecule has 2 aromatic carbocycles. The van der Waals surface area contributed by atoms with Crippen LogP contribution in [0, 0.1) is 0 Å². The van der Waals surface area contributed by atoms with E-state index in [0.29, 0.717) is 11.9 Å². The molecule has 0 fully saturated rings. The van der Waals surface area contributed by atoms with Gasteiger partial charge < -0.3 is 9.88 Å². The molecule has 0 bridgehead atoms. The third-order valence-corrected chi connectivity index (χ3v) is 6.41. The molecular formula is C22H26N2O3S. The Kier molecular flexibility index (Phi) is 6.52. The van der Waals surface area contributed by atoms with Crippen LogP contribution in [0.1, 0.15) is 31.7 Å². The van der Waals surface area contributed by atoms with E-state index in [1.807, 2.05) is 36.4 Å². The molecule has 0 unspecified atom stereocenters. The Bertz CT molecular complexity index is 1040. The zero-order valence-electron chi connectivity index (χ0n) is 16.1. The molecule has 1 N–H and O–H groups in total. The number of nitrogens with zero attached hydrogens (tertiary/aromatic N) is 1. The summed E-state index contributed by atoms with van der Waals surface area (Å²) in [4.78, 5) is 12.6. The SMILES string of the molecule is CCCCCNC(=O)Cn1cc(S(=O)(=O)Cc2ccccc2)c2ccccc21. The highest BCUT2D eigenvalue weighted by Gasteiger charge is 2.22. The minimum Gasteiger partial charge on any atom is -0.355 e. The lowest BCUT2D eigenvalue weighted by atomic mass is 10.2. The third kappa shape index (κ3) is 4.81. The summed E-state index contributed by atoms with van der Waals surface area (Å²) < 4.78 is 27.8. The summed E-state index contributed by atoms with van der Waals surface area (Å²) in [6, 6.07) is 16.4. The first kappa shape index (κ1) is 20.1. The van der Waals surface area contributed by atoms with Crippen LogP contribution >= 0.6 is 0 Å². The number of para-hydroxylation sites is 1. The number of nitrogens with one attached hydrogen (secondary N) is 1. The largest absolute Gasteiger partial charge is 0.355 e. The number of hydrogen-bond acceptors (Lipinski definition) is 3. The van der Waals surface area contributed by atoms with Crippen LogP contribution < -0.4 is 5.32 Å². The fourth-order valence-corrected chi connectivity index (χ4v) is 4.86. The van der Waals surface area contributed by atoms with Crippen LogP contribution in [0.25, 0.3) is 10.9 Å². The molecule has 3 rings (SSSR count). The van der Waals surface area contributed by atoms with Crippen molar-refractivity contribution in [3.05, 3.63) is 66.4 Å². The maximum absolute atomic E-state index is 13.0. The highest BCUT2D eigenvalue weighted by molar-refractivity contribution is 7.90. The number of benzene rings is 2. The van der Waals surface area contributed by atoms with Gasteiger partial charge in [-0.15, -0.1) is 0 Å². The molecule has 0 aliphatic carbocycles. The fourth-order valence-electron chi connectivity index (χ4n) is 3.28. The molecule has 0 aliphatic rings. The zero-order chi connectivity index (χ0) is 20.0. The fraction of sp³-hybridized carbons (Fsp3) is 0.318. The molecule has 1 aromatic heterocycles. The number of aromatic nitrogens is 1. The maximum atomic E-state index is 13.0. The molecule has 0 saturated heterocycles. The van der Waals surface area contributed by atoms with Crippen molar-refractivity contribution in [3.63, 3.8) is 0 Å². The van der Waals surface area contributed by atoms with E-state index in [1.54, 1.807) is 29.0 Å². The highest BCUT2D eigenvalue weighted by Crippen LogP contribution is 2.28. The number of sulfone groups is 1. The van der Waals surface area contributed by atoms with E-state index < -0.39 is 9.84 Å². The average molecular weight is 399 g/mol. The van der Waals surface area contributed by atoms with Gasteiger partial charge in [0, 0.05) is 23.6 Å². The van der Waals surface area contributed by atoms with Crippen LogP contribution in [0.3, 0.4) is 0 Å². The molecule has 5 nitrogen and oxygen atoms in total. The average Bonchev–Trinajstić information content (AvgIpc) is 3.05. The van der Waals surface area contributed by atoms with Crippen molar-refractivity contribution in [2.45, 2.75) is 43.4 Å². The first-order chi connectivity index (χ1) is 13.5. The molecule has 0 aliphatic heterocycles. The number of unbranched alkanes of at least 4 members (excludes halogenated alkanes) is 2. The van der Waals surface area contributed by atoms with Crippen molar-refractivity contribution >= 4 is 26.6 Å². The molecule has 0 atom stereocenters. The van der Waals surface area contributed by atoms with Crippen molar-refractivity contribution in [3.8, 4) is 0 Å². The summed E-state index contributed by atoms with van der Waals surface area (Å²) >= 11 is 0. The van der Waals surface area contributed by atoms with E-state index in [2.05, 4.69) is 12.2 Å². The van der Waals surface area contributed by atoms with Gasteiger partial charge in [-0.25, -0.2) is 8.42 Å². The quantitative estimate of drug-likeness (QED) is 0.556. The molecular weight excluding hydrogens is 372 g/mol. The van der Waals surface area contributed by atoms with Gasteiger partial charge in [-0.05, 0) is 18.1 Å². The molecule has 0 saturated carbocycles. The monoisotopic (exact) mass is 398 g/mol. The van der Waals surface area contributed by atoms with E-state index in [9.17, 15) is 13.2 Å². The van der Waals surface area contributed by atoms with E-state index in [-0.39, 0.29) is 23.1 Å². The van der Waals surface area contributed by atoms with Crippen molar-refractivity contribution in [2.24, 2.45) is 0 Å². The second-order valence-corrected chi connectivity index (χ2v) is 8.90. The zero-order valence-corrected chi connectivity index (χ0v) is 16.9. The minimum absolute atomic E-state index is 0.0644. The molecule has 148 valence electrons. The van der Waals surface area contributed by atoms with Gasteiger partial charge in [0.05, 0.1) is 10.6 Å². The Morgan fingerprint density at radius 2 is 1.71 bits per heavy atom. The second-order valence-electron chi connectivity index (χ2n) is 6.94. The van der Waals surface area contributed by atoms with Crippen LogP contribution in [0.2, 0.25) is 0 Å². The normalized spacial score (nSPS) is 11.6. The number of hydrogen-bond donors (Lipinski definition) is 1. The number of carbonyl (C=O) groups excluding carboxylic acids is 1. The Morgan fingerprint density at radius 3 is 2.46 bits per heavy atom. The van der Waals surface area contributed by atoms with Crippen LogP contribution in [0.4, 0.5) is 0 Å². The topological polar surface area (TPSA) is 68.2 Å². The summed E-state index contributed by atoms with van der Waals surface area (Å²) in [5.74, 6) is -0.172. The molecule has 28 heavy (non-hydrogen) atoms. The van der Waals surface area contributed by atoms with Crippen molar-refractivity contribution < 1.29 is 13.2 Å². The van der Waals surface area contributed by atoms with Gasteiger partial charge in [0.15, 0.2) is 9.84 Å². The van der Waals surface area contributed by atoms with E-state index in [4.69, 9.17) is 0 Å². The van der Waals surface area contributed by atoms with E-state index >= 15 is 0 Å². The van der Waals surface area contributed by atoms with Crippen molar-refractivity contribution in [1.29, 1.82) is 0 Å².